The second-order valence-electron chi connectivity index (χ2n) is 5.01. The second kappa shape index (κ2) is 5.83. The predicted molar refractivity (Wildman–Crippen MR) is 75.1 cm³/mol. The van der Waals surface area contributed by atoms with Crippen molar-refractivity contribution in [3.63, 3.8) is 0 Å². The number of rotatable bonds is 3. The fraction of sp³-hybridized carbons (Fsp3) is 0.429. The number of hydrogen-bond donors (Lipinski definition) is 1. The molecule has 0 saturated carbocycles. The Hall–Kier alpha value is -1.56. The van der Waals surface area contributed by atoms with Crippen molar-refractivity contribution in [2.75, 3.05) is 5.75 Å². The van der Waals surface area contributed by atoms with E-state index in [0.29, 0.717) is 5.75 Å². The van der Waals surface area contributed by atoms with Crippen molar-refractivity contribution in [3.8, 4) is 0 Å². The summed E-state index contributed by atoms with van der Waals surface area (Å²) < 4.78 is 13.7. The second-order valence-corrected chi connectivity index (χ2v) is 6.16. The smallest absolute Gasteiger partial charge is 0.327 e. The summed E-state index contributed by atoms with van der Waals surface area (Å²) in [6.45, 7) is 3.84. The molecule has 2 atom stereocenters. The van der Waals surface area contributed by atoms with Gasteiger partial charge in [-0.05, 0) is 18.1 Å². The Morgan fingerprint density at radius 1 is 1.40 bits per heavy atom. The Bertz CT molecular complexity index is 535. The van der Waals surface area contributed by atoms with Crippen molar-refractivity contribution in [3.05, 3.63) is 35.6 Å². The molecule has 0 radical (unpaired) electrons. The van der Waals surface area contributed by atoms with Crippen molar-refractivity contribution in [2.45, 2.75) is 25.3 Å². The molecule has 108 valence electrons. The molecule has 1 heterocycles. The highest BCUT2D eigenvalue weighted by Crippen LogP contribution is 2.35. The molecule has 2 rings (SSSR count). The third-order valence-electron chi connectivity index (χ3n) is 3.23. The summed E-state index contributed by atoms with van der Waals surface area (Å²) in [5, 5.41) is 9.00. The van der Waals surface area contributed by atoms with E-state index in [1.54, 1.807) is 6.07 Å². The predicted octanol–water partition coefficient (Wildman–Crippen LogP) is 2.45. The number of aliphatic carboxylic acids is 1. The normalized spacial score (nSPS) is 22.3. The van der Waals surface area contributed by atoms with E-state index < -0.39 is 23.7 Å². The number of hydrogen-bond acceptors (Lipinski definition) is 3. The number of halogens is 1. The molecular weight excluding hydrogens is 281 g/mol. The van der Waals surface area contributed by atoms with Crippen LogP contribution in [0.1, 0.15) is 24.2 Å². The highest BCUT2D eigenvalue weighted by Gasteiger charge is 2.43. The van der Waals surface area contributed by atoms with E-state index in [4.69, 9.17) is 0 Å². The van der Waals surface area contributed by atoms with Crippen LogP contribution in [0, 0.1) is 11.7 Å². The summed E-state index contributed by atoms with van der Waals surface area (Å²) >= 11 is 1.43. The van der Waals surface area contributed by atoms with Crippen LogP contribution in [0.3, 0.4) is 0 Å². The Morgan fingerprint density at radius 2 is 2.05 bits per heavy atom. The summed E-state index contributed by atoms with van der Waals surface area (Å²) in [5.41, 5.74) is -0.0769. The number of carbonyl (C=O) groups is 2. The summed E-state index contributed by atoms with van der Waals surface area (Å²) in [4.78, 5) is 25.1. The van der Waals surface area contributed by atoms with Crippen LogP contribution in [-0.4, -0.2) is 39.1 Å². The van der Waals surface area contributed by atoms with Crippen molar-refractivity contribution >= 4 is 23.6 Å². The molecule has 1 aliphatic heterocycles. The maximum Gasteiger partial charge on any atom is 0.327 e. The van der Waals surface area contributed by atoms with Gasteiger partial charge in [0, 0.05) is 5.75 Å². The average Bonchev–Trinajstić information content (AvgIpc) is 2.83. The number of carboxylic acid groups (broad SMARTS) is 1. The lowest BCUT2D eigenvalue weighted by Crippen LogP contribution is -2.47. The standard InChI is InChI=1S/C14H16FNO3S/c1-8(2)13-16(11(7-20-13)14(18)19)12(17)9-5-3-4-6-10(9)15/h3-6,8,11,13H,7H2,1-2H3,(H,18,19). The van der Waals surface area contributed by atoms with Gasteiger partial charge in [-0.1, -0.05) is 26.0 Å². The number of amides is 1. The Balaban J connectivity index is 2.37. The van der Waals surface area contributed by atoms with E-state index in [9.17, 15) is 19.1 Å². The Morgan fingerprint density at radius 3 is 2.60 bits per heavy atom. The minimum atomic E-state index is -1.05. The molecule has 1 aliphatic rings. The number of carboxylic acids is 1. The molecule has 0 aromatic heterocycles. The number of benzene rings is 1. The number of carbonyl (C=O) groups excluding carboxylic acids is 1. The minimum Gasteiger partial charge on any atom is -0.480 e. The van der Waals surface area contributed by atoms with Crippen molar-refractivity contribution < 1.29 is 19.1 Å². The maximum atomic E-state index is 13.7. The van der Waals surface area contributed by atoms with Crippen LogP contribution >= 0.6 is 11.8 Å². The fourth-order valence-electron chi connectivity index (χ4n) is 2.26. The zero-order valence-electron chi connectivity index (χ0n) is 11.2. The molecule has 4 nitrogen and oxygen atoms in total. The van der Waals surface area contributed by atoms with Gasteiger partial charge in [-0.25, -0.2) is 9.18 Å². The van der Waals surface area contributed by atoms with E-state index in [1.165, 1.54) is 34.9 Å². The maximum absolute atomic E-state index is 13.7. The zero-order valence-corrected chi connectivity index (χ0v) is 12.1. The van der Waals surface area contributed by atoms with Gasteiger partial charge in [-0.3, -0.25) is 4.79 Å². The van der Waals surface area contributed by atoms with Crippen LogP contribution < -0.4 is 0 Å². The van der Waals surface area contributed by atoms with Crippen molar-refractivity contribution in [2.24, 2.45) is 5.92 Å². The van der Waals surface area contributed by atoms with E-state index in [-0.39, 0.29) is 16.9 Å². The molecule has 1 saturated heterocycles. The summed E-state index contributed by atoms with van der Waals surface area (Å²) in [6, 6.07) is 4.76. The lowest BCUT2D eigenvalue weighted by atomic mass is 10.1. The van der Waals surface area contributed by atoms with E-state index in [0.717, 1.165) is 0 Å². The van der Waals surface area contributed by atoms with Crippen molar-refractivity contribution in [1.82, 2.24) is 4.90 Å². The third kappa shape index (κ3) is 2.65. The van der Waals surface area contributed by atoms with Crippen LogP contribution in [0.4, 0.5) is 4.39 Å². The number of nitrogens with zero attached hydrogens (tertiary/aromatic N) is 1. The summed E-state index contributed by atoms with van der Waals surface area (Å²) in [7, 11) is 0. The van der Waals surface area contributed by atoms with Crippen molar-refractivity contribution in [1.29, 1.82) is 0 Å². The van der Waals surface area contributed by atoms with Gasteiger partial charge in [0.1, 0.15) is 11.9 Å². The quantitative estimate of drug-likeness (QED) is 0.931. The van der Waals surface area contributed by atoms with Crippen LogP contribution in [0.25, 0.3) is 0 Å². The largest absolute Gasteiger partial charge is 0.480 e. The van der Waals surface area contributed by atoms with Gasteiger partial charge in [-0.15, -0.1) is 11.8 Å². The summed E-state index contributed by atoms with van der Waals surface area (Å²) in [6.07, 6.45) is 0. The first kappa shape index (κ1) is 14.8. The Kier molecular flexibility index (Phi) is 4.32. The summed E-state index contributed by atoms with van der Waals surface area (Å²) in [5.74, 6) is -1.80. The molecule has 1 aromatic rings. The molecule has 0 aliphatic carbocycles. The molecule has 1 aromatic carbocycles. The third-order valence-corrected chi connectivity index (χ3v) is 4.85. The first-order chi connectivity index (χ1) is 9.43. The molecule has 0 bridgehead atoms. The first-order valence-electron chi connectivity index (χ1n) is 6.35. The lowest BCUT2D eigenvalue weighted by Gasteiger charge is -2.29. The van der Waals surface area contributed by atoms with Gasteiger partial charge in [-0.2, -0.15) is 0 Å². The Labute approximate surface area is 121 Å². The van der Waals surface area contributed by atoms with Gasteiger partial charge in [0.2, 0.25) is 0 Å². The van der Waals surface area contributed by atoms with E-state index >= 15 is 0 Å². The molecular formula is C14H16FNO3S. The highest BCUT2D eigenvalue weighted by atomic mass is 32.2. The van der Waals surface area contributed by atoms with Crippen LogP contribution in [0.5, 0.6) is 0 Å². The molecule has 1 fully saturated rings. The van der Waals surface area contributed by atoms with Crippen LogP contribution in [0.2, 0.25) is 0 Å². The topological polar surface area (TPSA) is 57.6 Å². The van der Waals surface area contributed by atoms with Gasteiger partial charge >= 0.3 is 5.97 Å². The van der Waals surface area contributed by atoms with E-state index in [2.05, 4.69) is 0 Å². The first-order valence-corrected chi connectivity index (χ1v) is 7.40. The molecule has 0 spiro atoms. The molecule has 20 heavy (non-hydrogen) atoms. The molecule has 1 N–H and O–H groups in total. The lowest BCUT2D eigenvalue weighted by molar-refractivity contribution is -0.141. The monoisotopic (exact) mass is 297 g/mol. The highest BCUT2D eigenvalue weighted by molar-refractivity contribution is 8.00. The zero-order chi connectivity index (χ0) is 14.9. The van der Waals surface area contributed by atoms with Crippen LogP contribution in [-0.2, 0) is 4.79 Å². The van der Waals surface area contributed by atoms with Gasteiger partial charge in [0.25, 0.3) is 5.91 Å². The van der Waals surface area contributed by atoms with Gasteiger partial charge in [0.05, 0.1) is 10.9 Å². The molecule has 6 heteroatoms. The average molecular weight is 297 g/mol. The SMILES string of the molecule is CC(C)C1SCC(C(=O)O)N1C(=O)c1ccccc1F. The van der Waals surface area contributed by atoms with Gasteiger partial charge < -0.3 is 10.0 Å². The minimum absolute atomic E-state index is 0.0769. The fourth-order valence-corrected chi connectivity index (χ4v) is 3.73. The van der Waals surface area contributed by atoms with Crippen LogP contribution in [0.15, 0.2) is 24.3 Å². The molecule has 2 unspecified atom stereocenters. The molecule has 1 amide bonds. The van der Waals surface area contributed by atoms with E-state index in [1.807, 2.05) is 13.8 Å². The van der Waals surface area contributed by atoms with Gasteiger partial charge in [0.15, 0.2) is 0 Å². The number of thioether (sulfide) groups is 1.